The van der Waals surface area contributed by atoms with Crippen LogP contribution in [0, 0.1) is 0 Å². The van der Waals surface area contributed by atoms with Gasteiger partial charge in [0.1, 0.15) is 0 Å². The molecule has 0 aliphatic rings. The van der Waals surface area contributed by atoms with Crippen LogP contribution >= 0.6 is 0 Å². The number of hydrogen-bond acceptors (Lipinski definition) is 0. The summed E-state index contributed by atoms with van der Waals surface area (Å²) in [4.78, 5) is 0. The average Bonchev–Trinajstić information content (AvgIpc) is 0. The molecule has 0 rings (SSSR count). The third-order valence-electron chi connectivity index (χ3n) is 0. The predicted octanol–water partition coefficient (Wildman–Crippen LogP) is -6.60. The molecule has 0 aromatic heterocycles. The summed E-state index contributed by atoms with van der Waals surface area (Å²) in [5.41, 5.74) is 0. The first-order valence-electron chi connectivity index (χ1n) is 0. The molecular formula is Co2Mn2Na2O5. The Morgan fingerprint density at radius 2 is 0.364 bits per heavy atom. The third kappa shape index (κ3) is 131. The van der Waals surface area contributed by atoms with Crippen LogP contribution in [-0.2, 0) is 95.1 Å². The van der Waals surface area contributed by atoms with E-state index in [2.05, 4.69) is 0 Å². The molecule has 11 heavy (non-hydrogen) atoms. The van der Waals surface area contributed by atoms with Gasteiger partial charge in [0.25, 0.3) is 0 Å². The van der Waals surface area contributed by atoms with Gasteiger partial charge in [0.2, 0.25) is 0 Å². The minimum absolute atomic E-state index is 0. The molecule has 0 heterocycles. The molecule has 5 nitrogen and oxygen atoms in total. The fourth-order valence-corrected chi connectivity index (χ4v) is 0. The van der Waals surface area contributed by atoms with Crippen molar-refractivity contribution in [1.82, 2.24) is 0 Å². The number of hydrogen-bond donors (Lipinski definition) is 0. The second kappa shape index (κ2) is 154. The first-order chi connectivity index (χ1) is 0. The smallest absolute Gasteiger partial charge is 2.00 e. The van der Waals surface area contributed by atoms with Gasteiger partial charge in [-0.25, -0.2) is 0 Å². The Labute approximate surface area is 151 Å². The minimum atomic E-state index is 0. The molecule has 0 aromatic carbocycles. The molecule has 0 amide bonds. The van der Waals surface area contributed by atoms with E-state index in [0.29, 0.717) is 0 Å². The second-order valence-electron chi connectivity index (χ2n) is 0. The van der Waals surface area contributed by atoms with Gasteiger partial charge < -0.3 is 27.4 Å². The van der Waals surface area contributed by atoms with E-state index >= 15 is 0 Å². The van der Waals surface area contributed by atoms with Crippen molar-refractivity contribution in [3.63, 3.8) is 0 Å². The summed E-state index contributed by atoms with van der Waals surface area (Å²) < 4.78 is 0. The molecule has 0 atom stereocenters. The standard InChI is InChI=1S/2Co.2Mn.2Na.5O/q4*+2;2*+1;5*-2. The van der Waals surface area contributed by atoms with Crippen LogP contribution in [-0.4, -0.2) is 0 Å². The summed E-state index contributed by atoms with van der Waals surface area (Å²) in [6.07, 6.45) is 0. The van der Waals surface area contributed by atoms with Crippen LogP contribution in [0.25, 0.3) is 0 Å². The first-order valence-corrected chi connectivity index (χ1v) is 0. The van der Waals surface area contributed by atoms with Crippen LogP contribution in [0.2, 0.25) is 0 Å². The molecule has 0 saturated carbocycles. The molecule has 0 fully saturated rings. The van der Waals surface area contributed by atoms with Gasteiger partial charge >= 0.3 is 127 Å². The molecule has 0 aliphatic carbocycles. The van der Waals surface area contributed by atoms with Gasteiger partial charge in [0.15, 0.2) is 0 Å². The average molecular weight is 354 g/mol. The van der Waals surface area contributed by atoms with Crippen LogP contribution < -0.4 is 59.1 Å². The Bertz CT molecular complexity index is 20.4. The Hall–Kier alpha value is 3.85. The van der Waals surface area contributed by atoms with E-state index in [1.165, 1.54) is 0 Å². The van der Waals surface area contributed by atoms with Gasteiger partial charge in [-0.2, -0.15) is 0 Å². The zero-order valence-electron chi connectivity index (χ0n) is 5.46. The van der Waals surface area contributed by atoms with Crippen LogP contribution in [0.15, 0.2) is 0 Å². The quantitative estimate of drug-likeness (QED) is 0.382. The third-order valence-corrected chi connectivity index (χ3v) is 0. The fourth-order valence-electron chi connectivity index (χ4n) is 0. The fraction of sp³-hybridized carbons (Fsp3) is 0. The van der Waals surface area contributed by atoms with Crippen molar-refractivity contribution in [3.8, 4) is 0 Å². The molecular weight excluding hydrogens is 354 g/mol. The molecule has 0 saturated heterocycles. The van der Waals surface area contributed by atoms with Crippen molar-refractivity contribution < 1.29 is 154 Å². The molecule has 4 radical (unpaired) electrons. The van der Waals surface area contributed by atoms with Crippen molar-refractivity contribution >= 4 is 0 Å². The van der Waals surface area contributed by atoms with E-state index in [-0.39, 0.29) is 154 Å². The van der Waals surface area contributed by atoms with Crippen molar-refractivity contribution in [2.75, 3.05) is 0 Å². The number of rotatable bonds is 0. The molecule has 64 valence electrons. The van der Waals surface area contributed by atoms with E-state index in [4.69, 9.17) is 0 Å². The van der Waals surface area contributed by atoms with Crippen LogP contribution in [0.4, 0.5) is 0 Å². The van der Waals surface area contributed by atoms with Crippen LogP contribution in [0.5, 0.6) is 0 Å². The van der Waals surface area contributed by atoms with Gasteiger partial charge in [-0.3, -0.25) is 0 Å². The van der Waals surface area contributed by atoms with E-state index in [1.807, 2.05) is 0 Å². The van der Waals surface area contributed by atoms with Gasteiger partial charge in [-0.05, 0) is 0 Å². The molecule has 0 bridgehead atoms. The Kier molecular flexibility index (Phi) is 2690. The normalized spacial score (nSPS) is 0. The second-order valence-corrected chi connectivity index (χ2v) is 0. The molecule has 0 spiro atoms. The van der Waals surface area contributed by atoms with Crippen LogP contribution in [0.3, 0.4) is 0 Å². The molecule has 11 heteroatoms. The van der Waals surface area contributed by atoms with Gasteiger partial charge in [-0.1, -0.05) is 0 Å². The van der Waals surface area contributed by atoms with Crippen molar-refractivity contribution in [2.24, 2.45) is 0 Å². The zero-order chi connectivity index (χ0) is 0. The van der Waals surface area contributed by atoms with E-state index in [1.54, 1.807) is 0 Å². The molecule has 0 aliphatic heterocycles. The van der Waals surface area contributed by atoms with E-state index < -0.39 is 0 Å². The van der Waals surface area contributed by atoms with Crippen molar-refractivity contribution in [3.05, 3.63) is 0 Å². The van der Waals surface area contributed by atoms with Gasteiger partial charge in [0, 0.05) is 0 Å². The molecule has 0 N–H and O–H groups in total. The molecule has 0 unspecified atom stereocenters. The zero-order valence-corrected chi connectivity index (χ0v) is 13.9. The minimum Gasteiger partial charge on any atom is -2.00 e. The van der Waals surface area contributed by atoms with E-state index in [0.717, 1.165) is 0 Å². The maximum Gasteiger partial charge on any atom is 2.00 e. The maximum atomic E-state index is 0. The Morgan fingerprint density at radius 3 is 0.364 bits per heavy atom. The molecule has 0 aromatic rings. The predicted molar refractivity (Wildman–Crippen MR) is 3.43 cm³/mol. The Morgan fingerprint density at radius 1 is 0.364 bits per heavy atom. The first kappa shape index (κ1) is 192. The van der Waals surface area contributed by atoms with Gasteiger partial charge in [-0.15, -0.1) is 0 Å². The van der Waals surface area contributed by atoms with E-state index in [9.17, 15) is 0 Å². The Balaban J connectivity index is 0. The van der Waals surface area contributed by atoms with Crippen molar-refractivity contribution in [1.29, 1.82) is 0 Å². The summed E-state index contributed by atoms with van der Waals surface area (Å²) in [7, 11) is 0. The summed E-state index contributed by atoms with van der Waals surface area (Å²) in [6, 6.07) is 0. The van der Waals surface area contributed by atoms with Gasteiger partial charge in [0.05, 0.1) is 0 Å². The largest absolute Gasteiger partial charge is 2.00 e. The monoisotopic (exact) mass is 354 g/mol. The summed E-state index contributed by atoms with van der Waals surface area (Å²) in [6.45, 7) is 0. The SMILES string of the molecule is [Co+2].[Co+2].[Mn+2].[Mn+2].[Na+].[Na+].[O-2].[O-2].[O-2].[O-2].[O-2]. The summed E-state index contributed by atoms with van der Waals surface area (Å²) >= 11 is 0. The topological polar surface area (TPSA) is 142 Å². The maximum absolute atomic E-state index is 0. The summed E-state index contributed by atoms with van der Waals surface area (Å²) in [5, 5.41) is 0. The summed E-state index contributed by atoms with van der Waals surface area (Å²) in [5.74, 6) is 0. The van der Waals surface area contributed by atoms with Crippen molar-refractivity contribution in [2.45, 2.75) is 0 Å². The van der Waals surface area contributed by atoms with Crippen LogP contribution in [0.1, 0.15) is 0 Å².